The van der Waals surface area contributed by atoms with Gasteiger partial charge in [-0.05, 0) is 31.2 Å². The Morgan fingerprint density at radius 1 is 1.04 bits per heavy atom. The van der Waals surface area contributed by atoms with Gasteiger partial charge in [0.2, 0.25) is 0 Å². The zero-order valence-corrected chi connectivity index (χ0v) is 14.4. The normalized spacial score (nSPS) is 26.3. The van der Waals surface area contributed by atoms with Crippen molar-refractivity contribution in [2.24, 2.45) is 0 Å². The Hall–Kier alpha value is -1.60. The highest BCUT2D eigenvalue weighted by molar-refractivity contribution is 7.91. The molecule has 0 aromatic heterocycles. The first-order valence-electron chi connectivity index (χ1n) is 8.44. The average Bonchev–Trinajstić information content (AvgIpc) is 2.53. The van der Waals surface area contributed by atoms with E-state index in [9.17, 15) is 13.2 Å². The first-order chi connectivity index (χ1) is 11.5. The molecule has 0 bridgehead atoms. The van der Waals surface area contributed by atoms with Crippen LogP contribution in [0.4, 0.5) is 4.79 Å². The second-order valence-electron chi connectivity index (χ2n) is 6.66. The molecule has 3 rings (SSSR count). The predicted octanol–water partition coefficient (Wildman–Crippen LogP) is 1.61. The van der Waals surface area contributed by atoms with Crippen LogP contribution in [0, 0.1) is 0 Å². The molecular weight excluding hydrogens is 328 g/mol. The summed E-state index contributed by atoms with van der Waals surface area (Å²) in [7, 11) is -2.81. The van der Waals surface area contributed by atoms with Gasteiger partial charge in [-0.25, -0.2) is 13.2 Å². The van der Waals surface area contributed by atoms with Crippen LogP contribution in [0.5, 0.6) is 0 Å². The summed E-state index contributed by atoms with van der Waals surface area (Å²) in [6, 6.07) is 10.4. The Bertz CT molecular complexity index is 642. The van der Waals surface area contributed by atoms with Gasteiger partial charge in [-0.2, -0.15) is 0 Å². The van der Waals surface area contributed by atoms with Gasteiger partial charge in [-0.1, -0.05) is 30.3 Å². The summed E-state index contributed by atoms with van der Waals surface area (Å²) < 4.78 is 28.0. The van der Waals surface area contributed by atoms with Gasteiger partial charge < -0.3 is 15.4 Å². The zero-order chi connectivity index (χ0) is 17.0. The van der Waals surface area contributed by atoms with Crippen molar-refractivity contribution in [2.75, 3.05) is 11.5 Å². The molecule has 6 nitrogen and oxygen atoms in total. The molecule has 2 N–H and O–H groups in total. The Balaban J connectivity index is 1.30. The monoisotopic (exact) mass is 352 g/mol. The standard InChI is InChI=1S/C17H24N2O4S/c20-17(23-12-13-4-2-1-3-5-13)19-16-10-15(11-16)18-14-6-8-24(21,22)9-7-14/h1-5,14-16,18H,6-12H2,(H,19,20). The maximum atomic E-state index is 11.8. The van der Waals surface area contributed by atoms with E-state index >= 15 is 0 Å². The number of hydrogen-bond donors (Lipinski definition) is 2. The Labute approximate surface area is 142 Å². The van der Waals surface area contributed by atoms with Crippen LogP contribution in [0.15, 0.2) is 30.3 Å². The summed E-state index contributed by atoms with van der Waals surface area (Å²) in [6.45, 7) is 0.275. The molecule has 0 spiro atoms. The number of alkyl carbamates (subject to hydrolysis) is 1. The molecule has 1 heterocycles. The van der Waals surface area contributed by atoms with E-state index in [0.29, 0.717) is 18.9 Å². The van der Waals surface area contributed by atoms with Crippen LogP contribution in [0.3, 0.4) is 0 Å². The molecule has 2 fully saturated rings. The van der Waals surface area contributed by atoms with E-state index in [0.717, 1.165) is 18.4 Å². The lowest BCUT2D eigenvalue weighted by atomic mass is 9.86. The van der Waals surface area contributed by atoms with Crippen molar-refractivity contribution in [1.29, 1.82) is 0 Å². The Kier molecular flexibility index (Phi) is 5.40. The van der Waals surface area contributed by atoms with Crippen molar-refractivity contribution in [3.8, 4) is 0 Å². The minimum absolute atomic E-state index is 0.137. The van der Waals surface area contributed by atoms with Gasteiger partial charge in [0, 0.05) is 18.1 Å². The van der Waals surface area contributed by atoms with Crippen molar-refractivity contribution >= 4 is 15.9 Å². The van der Waals surface area contributed by atoms with Crippen molar-refractivity contribution in [3.63, 3.8) is 0 Å². The van der Waals surface area contributed by atoms with Crippen LogP contribution in [-0.2, 0) is 21.2 Å². The molecule has 0 radical (unpaired) electrons. The lowest BCUT2D eigenvalue weighted by Gasteiger charge is -2.39. The minimum atomic E-state index is -2.81. The van der Waals surface area contributed by atoms with E-state index in [1.54, 1.807) is 0 Å². The predicted molar refractivity (Wildman–Crippen MR) is 91.4 cm³/mol. The van der Waals surface area contributed by atoms with Gasteiger partial charge in [0.05, 0.1) is 11.5 Å². The zero-order valence-electron chi connectivity index (χ0n) is 13.6. The van der Waals surface area contributed by atoms with Gasteiger partial charge in [0.1, 0.15) is 16.4 Å². The van der Waals surface area contributed by atoms with Crippen molar-refractivity contribution in [2.45, 2.75) is 50.4 Å². The highest BCUT2D eigenvalue weighted by Gasteiger charge is 2.33. The fourth-order valence-corrected chi connectivity index (χ4v) is 4.68. The van der Waals surface area contributed by atoms with Crippen LogP contribution in [0.2, 0.25) is 0 Å². The number of amides is 1. The molecule has 1 saturated carbocycles. The summed E-state index contributed by atoms with van der Waals surface area (Å²) in [4.78, 5) is 11.8. The molecule has 132 valence electrons. The fraction of sp³-hybridized carbons (Fsp3) is 0.588. The summed E-state index contributed by atoms with van der Waals surface area (Å²) in [6.07, 6.45) is 2.73. The van der Waals surface area contributed by atoms with Crippen LogP contribution >= 0.6 is 0 Å². The lowest BCUT2D eigenvalue weighted by molar-refractivity contribution is 0.124. The molecule has 1 aliphatic heterocycles. The van der Waals surface area contributed by atoms with Gasteiger partial charge in [0.25, 0.3) is 0 Å². The van der Waals surface area contributed by atoms with E-state index in [1.165, 1.54) is 0 Å². The summed E-state index contributed by atoms with van der Waals surface area (Å²) in [5, 5.41) is 6.37. The first-order valence-corrected chi connectivity index (χ1v) is 10.3. The molecule has 1 aromatic carbocycles. The number of benzene rings is 1. The fourth-order valence-electron chi connectivity index (χ4n) is 3.19. The number of ether oxygens (including phenoxy) is 1. The number of rotatable bonds is 5. The summed E-state index contributed by atoms with van der Waals surface area (Å²) >= 11 is 0. The number of carbonyl (C=O) groups excluding carboxylic acids is 1. The molecule has 1 amide bonds. The second-order valence-corrected chi connectivity index (χ2v) is 8.97. The maximum Gasteiger partial charge on any atom is 0.407 e. The summed E-state index contributed by atoms with van der Waals surface area (Å²) in [5.41, 5.74) is 0.966. The smallest absolute Gasteiger partial charge is 0.407 e. The highest BCUT2D eigenvalue weighted by atomic mass is 32.2. The first kappa shape index (κ1) is 17.2. The number of sulfone groups is 1. The van der Waals surface area contributed by atoms with E-state index < -0.39 is 9.84 Å². The SMILES string of the molecule is O=C(NC1CC(NC2CCS(=O)(=O)CC2)C1)OCc1ccccc1. The van der Waals surface area contributed by atoms with Gasteiger partial charge in [0.15, 0.2) is 0 Å². The third-order valence-electron chi connectivity index (χ3n) is 4.70. The van der Waals surface area contributed by atoms with Crippen LogP contribution in [0.1, 0.15) is 31.2 Å². The average molecular weight is 352 g/mol. The van der Waals surface area contributed by atoms with Crippen molar-refractivity contribution in [3.05, 3.63) is 35.9 Å². The molecule has 2 aliphatic rings. The van der Waals surface area contributed by atoms with Gasteiger partial charge >= 0.3 is 6.09 Å². The largest absolute Gasteiger partial charge is 0.445 e. The molecule has 1 saturated heterocycles. The van der Waals surface area contributed by atoms with Gasteiger partial charge in [-0.15, -0.1) is 0 Å². The van der Waals surface area contributed by atoms with Crippen LogP contribution in [0.25, 0.3) is 0 Å². The number of carbonyl (C=O) groups is 1. The molecule has 0 unspecified atom stereocenters. The maximum absolute atomic E-state index is 11.8. The minimum Gasteiger partial charge on any atom is -0.445 e. The molecule has 1 aliphatic carbocycles. The molecular formula is C17H24N2O4S. The van der Waals surface area contributed by atoms with E-state index in [-0.39, 0.29) is 36.3 Å². The van der Waals surface area contributed by atoms with E-state index in [4.69, 9.17) is 4.74 Å². The lowest BCUT2D eigenvalue weighted by Crippen LogP contribution is -2.55. The van der Waals surface area contributed by atoms with E-state index in [2.05, 4.69) is 10.6 Å². The van der Waals surface area contributed by atoms with Crippen LogP contribution in [-0.4, -0.2) is 44.1 Å². The Morgan fingerprint density at radius 2 is 1.71 bits per heavy atom. The topological polar surface area (TPSA) is 84.5 Å². The molecule has 1 aromatic rings. The number of hydrogen-bond acceptors (Lipinski definition) is 5. The molecule has 7 heteroatoms. The second kappa shape index (κ2) is 7.53. The third-order valence-corrected chi connectivity index (χ3v) is 6.41. The Morgan fingerprint density at radius 3 is 2.38 bits per heavy atom. The quantitative estimate of drug-likeness (QED) is 0.841. The van der Waals surface area contributed by atoms with Crippen LogP contribution < -0.4 is 10.6 Å². The molecule has 24 heavy (non-hydrogen) atoms. The van der Waals surface area contributed by atoms with E-state index in [1.807, 2.05) is 30.3 Å². The van der Waals surface area contributed by atoms with Crippen molar-refractivity contribution < 1.29 is 17.9 Å². The third kappa shape index (κ3) is 4.95. The van der Waals surface area contributed by atoms with Crippen molar-refractivity contribution in [1.82, 2.24) is 10.6 Å². The molecule has 0 atom stereocenters. The highest BCUT2D eigenvalue weighted by Crippen LogP contribution is 2.23. The number of nitrogens with one attached hydrogen (secondary N) is 2. The summed E-state index contributed by atoms with van der Waals surface area (Å²) in [5.74, 6) is 0.565. The van der Waals surface area contributed by atoms with Gasteiger partial charge in [-0.3, -0.25) is 0 Å².